The molecule has 1 aliphatic carbocycles. The zero-order valence-corrected chi connectivity index (χ0v) is 34.6. The maximum atomic E-state index is 15.6. The summed E-state index contributed by atoms with van der Waals surface area (Å²) in [4.78, 5) is 79.1. The fourth-order valence-corrected chi connectivity index (χ4v) is 10.4. The SMILES string of the molecule is COc1cc2nc(CCn3c(=O)n4n(c3=O)C3CC5C(=O)N(c6cccc(Cl)c6)C(=O)C5(c5ccccc5)C(c5ccc6ccccc6c5O)C3=CC4)c(=O)n(C)c2cc1OC. The van der Waals surface area contributed by atoms with Crippen LogP contribution in [-0.2, 0) is 41.6 Å². The van der Waals surface area contributed by atoms with E-state index in [9.17, 15) is 19.5 Å². The summed E-state index contributed by atoms with van der Waals surface area (Å²) in [6, 6.07) is 29.1. The number of aromatic hydroxyl groups is 1. The summed E-state index contributed by atoms with van der Waals surface area (Å²) >= 11 is 6.45. The van der Waals surface area contributed by atoms with Gasteiger partial charge in [0.25, 0.3) is 5.56 Å². The zero-order valence-electron chi connectivity index (χ0n) is 33.8. The standard InChI is InChI=1S/C47H39ClN6O8/c1-50-37-25-39(62-3)38(61-2)24-35(37)49-34(43(50)57)19-20-51-45(59)52-21-18-31-36(54(52)46(51)60)23-33-42(56)53(29-14-9-13-28(48)22-29)44(58)47(33,27-11-5-4-6-12-27)40(31)32-17-16-26-10-7-8-15-30(26)41(32)55/h4-18,22,24-25,33,36,40,55H,19-21,23H2,1-3H3. The highest BCUT2D eigenvalue weighted by molar-refractivity contribution is 6.32. The molecule has 1 N–H and O–H groups in total. The fourth-order valence-electron chi connectivity index (χ4n) is 10.2. The summed E-state index contributed by atoms with van der Waals surface area (Å²) in [7, 11) is 4.60. The molecule has 62 heavy (non-hydrogen) atoms. The van der Waals surface area contributed by atoms with Gasteiger partial charge in [-0.25, -0.2) is 33.4 Å². The maximum Gasteiger partial charge on any atom is 0.347 e. The van der Waals surface area contributed by atoms with E-state index in [1.165, 1.54) is 33.1 Å². The van der Waals surface area contributed by atoms with Gasteiger partial charge in [-0.2, -0.15) is 0 Å². The lowest BCUT2D eigenvalue weighted by Crippen LogP contribution is -2.53. The van der Waals surface area contributed by atoms with Crippen molar-refractivity contribution in [3.05, 3.63) is 168 Å². The Morgan fingerprint density at radius 2 is 1.60 bits per heavy atom. The lowest BCUT2D eigenvalue weighted by molar-refractivity contribution is -0.124. The molecule has 10 rings (SSSR count). The van der Waals surface area contributed by atoms with Gasteiger partial charge < -0.3 is 19.1 Å². The van der Waals surface area contributed by atoms with Crippen LogP contribution in [0.15, 0.2) is 129 Å². The molecular weight excluding hydrogens is 812 g/mol. The third-order valence-corrected chi connectivity index (χ3v) is 13.2. The van der Waals surface area contributed by atoms with Gasteiger partial charge in [0.2, 0.25) is 11.8 Å². The highest BCUT2D eigenvalue weighted by atomic mass is 35.5. The number of carbonyl (C=O) groups excluding carboxylic acids is 2. The van der Waals surface area contributed by atoms with E-state index in [2.05, 4.69) is 4.98 Å². The Morgan fingerprint density at radius 3 is 2.35 bits per heavy atom. The molecule has 4 atom stereocenters. The quantitative estimate of drug-likeness (QED) is 0.151. The number of ether oxygens (including phenoxy) is 2. The lowest BCUT2D eigenvalue weighted by Gasteiger charge is -2.49. The summed E-state index contributed by atoms with van der Waals surface area (Å²) in [5.41, 5.74) is -0.259. The van der Waals surface area contributed by atoms with Crippen LogP contribution in [0, 0.1) is 5.92 Å². The van der Waals surface area contributed by atoms with Gasteiger partial charge >= 0.3 is 11.4 Å². The number of hydrogen-bond acceptors (Lipinski definition) is 9. The van der Waals surface area contributed by atoms with E-state index in [1.807, 2.05) is 60.7 Å². The summed E-state index contributed by atoms with van der Waals surface area (Å²) < 4.78 is 16.1. The number of amides is 2. The third kappa shape index (κ3) is 5.48. The molecule has 5 aromatic carbocycles. The Morgan fingerprint density at radius 1 is 0.855 bits per heavy atom. The average molecular weight is 851 g/mol. The van der Waals surface area contributed by atoms with E-state index < -0.39 is 52.0 Å². The van der Waals surface area contributed by atoms with Crippen LogP contribution in [0.5, 0.6) is 17.2 Å². The van der Waals surface area contributed by atoms with Gasteiger partial charge in [0.15, 0.2) is 11.5 Å². The maximum absolute atomic E-state index is 15.6. The minimum Gasteiger partial charge on any atom is -0.507 e. The van der Waals surface area contributed by atoms with Crippen LogP contribution in [0.2, 0.25) is 5.02 Å². The number of imide groups is 1. The van der Waals surface area contributed by atoms with E-state index in [0.29, 0.717) is 55.3 Å². The van der Waals surface area contributed by atoms with Crippen LogP contribution in [0.25, 0.3) is 21.8 Å². The first kappa shape index (κ1) is 39.0. The number of hydrogen-bond donors (Lipinski definition) is 1. The van der Waals surface area contributed by atoms with Crippen molar-refractivity contribution >= 4 is 50.9 Å². The molecule has 0 radical (unpaired) electrons. The number of anilines is 1. The molecular formula is C47H39ClN6O8. The monoisotopic (exact) mass is 850 g/mol. The highest BCUT2D eigenvalue weighted by Crippen LogP contribution is 2.63. The van der Waals surface area contributed by atoms with Gasteiger partial charge in [0.1, 0.15) is 11.4 Å². The predicted octanol–water partition coefficient (Wildman–Crippen LogP) is 5.63. The number of rotatable bonds is 8. The number of allylic oxidation sites excluding steroid dienone is 2. The molecule has 4 unspecified atom stereocenters. The van der Waals surface area contributed by atoms with Crippen LogP contribution >= 0.6 is 11.6 Å². The molecule has 2 amide bonds. The molecule has 312 valence electrons. The Hall–Kier alpha value is -7.19. The second kappa shape index (κ2) is 14.5. The molecule has 2 aromatic heterocycles. The number of aryl methyl sites for hydroxylation is 2. The number of methoxy groups -OCH3 is 2. The molecule has 0 spiro atoms. The number of aromatic nitrogens is 5. The van der Waals surface area contributed by atoms with Gasteiger partial charge in [-0.3, -0.25) is 14.4 Å². The lowest BCUT2D eigenvalue weighted by atomic mass is 9.53. The Kier molecular flexibility index (Phi) is 9.10. The average Bonchev–Trinajstić information content (AvgIpc) is 3.67. The van der Waals surface area contributed by atoms with E-state index in [1.54, 1.807) is 55.6 Å². The molecule has 15 heteroatoms. The van der Waals surface area contributed by atoms with Crippen LogP contribution in [-0.4, -0.2) is 54.6 Å². The molecule has 14 nitrogen and oxygen atoms in total. The van der Waals surface area contributed by atoms with Crippen molar-refractivity contribution in [1.82, 2.24) is 23.5 Å². The van der Waals surface area contributed by atoms with Gasteiger partial charge in [-0.15, -0.1) is 0 Å². The van der Waals surface area contributed by atoms with E-state index in [0.717, 1.165) is 9.95 Å². The predicted molar refractivity (Wildman–Crippen MR) is 232 cm³/mol. The zero-order chi connectivity index (χ0) is 43.2. The van der Waals surface area contributed by atoms with Crippen molar-refractivity contribution in [2.45, 2.75) is 43.3 Å². The van der Waals surface area contributed by atoms with E-state index >= 15 is 9.59 Å². The molecule has 1 saturated heterocycles. The molecule has 1 saturated carbocycles. The van der Waals surface area contributed by atoms with Crippen molar-refractivity contribution in [1.29, 1.82) is 0 Å². The number of carbonyl (C=O) groups is 2. The minimum absolute atomic E-state index is 0.0192. The van der Waals surface area contributed by atoms with Crippen LogP contribution in [0.4, 0.5) is 5.69 Å². The summed E-state index contributed by atoms with van der Waals surface area (Å²) in [5, 5.41) is 13.9. The van der Waals surface area contributed by atoms with E-state index in [4.69, 9.17) is 21.1 Å². The molecule has 3 aliphatic rings. The van der Waals surface area contributed by atoms with Crippen LogP contribution in [0.3, 0.4) is 0 Å². The number of benzene rings is 5. The normalized spacial score (nSPS) is 20.5. The van der Waals surface area contributed by atoms with Gasteiger partial charge in [-0.1, -0.05) is 90.5 Å². The van der Waals surface area contributed by atoms with Gasteiger partial charge in [-0.05, 0) is 41.1 Å². The van der Waals surface area contributed by atoms with Crippen LogP contribution < -0.4 is 31.3 Å². The van der Waals surface area contributed by atoms with Crippen molar-refractivity contribution < 1.29 is 24.2 Å². The molecule has 4 heterocycles. The topological polar surface area (TPSA) is 160 Å². The largest absolute Gasteiger partial charge is 0.507 e. The number of fused-ring (bicyclic) bond motifs is 6. The molecule has 7 aromatic rings. The van der Waals surface area contributed by atoms with Crippen molar-refractivity contribution in [2.24, 2.45) is 13.0 Å². The van der Waals surface area contributed by atoms with Crippen molar-refractivity contribution in [3.8, 4) is 17.2 Å². The molecule has 2 aliphatic heterocycles. The van der Waals surface area contributed by atoms with Gasteiger partial charge in [0, 0.05) is 54.0 Å². The smallest absolute Gasteiger partial charge is 0.347 e. The van der Waals surface area contributed by atoms with Gasteiger partial charge in [0.05, 0.1) is 54.9 Å². The number of nitrogens with zero attached hydrogens (tertiary/aromatic N) is 6. The van der Waals surface area contributed by atoms with Crippen molar-refractivity contribution in [3.63, 3.8) is 0 Å². The highest BCUT2D eigenvalue weighted by Gasteiger charge is 2.69. The third-order valence-electron chi connectivity index (χ3n) is 13.0. The number of phenols is 1. The molecule has 0 bridgehead atoms. The second-order valence-corrected chi connectivity index (χ2v) is 16.3. The summed E-state index contributed by atoms with van der Waals surface area (Å²) in [6.45, 7) is -0.203. The van der Waals surface area contributed by atoms with Crippen molar-refractivity contribution in [2.75, 3.05) is 19.1 Å². The molecule has 2 fully saturated rings. The first-order chi connectivity index (χ1) is 30.0. The Labute approximate surface area is 358 Å². The Bertz CT molecular complexity index is 3260. The first-order valence-corrected chi connectivity index (χ1v) is 20.5. The fraction of sp³-hybridized carbons (Fsp3) is 0.234. The second-order valence-electron chi connectivity index (χ2n) is 15.9. The summed E-state index contributed by atoms with van der Waals surface area (Å²) in [6.07, 6.45) is 1.78. The summed E-state index contributed by atoms with van der Waals surface area (Å²) in [5.74, 6) is -2.23. The minimum atomic E-state index is -1.59. The number of phenolic OH excluding ortho intramolecular Hbond substituents is 1. The first-order valence-electron chi connectivity index (χ1n) is 20.1. The Balaban J connectivity index is 1.13. The van der Waals surface area contributed by atoms with E-state index in [-0.39, 0.29) is 37.4 Å². The van der Waals surface area contributed by atoms with Crippen LogP contribution in [0.1, 0.15) is 35.2 Å². The number of halogens is 1.